The molecule has 0 N–H and O–H groups in total. The lowest BCUT2D eigenvalue weighted by molar-refractivity contribution is 0.820. The second kappa shape index (κ2) is 6.20. The lowest BCUT2D eigenvalue weighted by atomic mass is 10.2. The summed E-state index contributed by atoms with van der Waals surface area (Å²) in [7, 11) is 0. The molecule has 0 amide bonds. The van der Waals surface area contributed by atoms with Crippen molar-refractivity contribution < 1.29 is 0 Å². The van der Waals surface area contributed by atoms with Gasteiger partial charge in [0, 0.05) is 19.0 Å². The molecular weight excluding hydrogens is 290 g/mol. The summed E-state index contributed by atoms with van der Waals surface area (Å²) in [5, 5.41) is 2.05. The van der Waals surface area contributed by atoms with Crippen molar-refractivity contribution in [2.45, 2.75) is 6.54 Å². The van der Waals surface area contributed by atoms with Gasteiger partial charge in [-0.2, -0.15) is 0 Å². The number of nitrogens with zero attached hydrogens (tertiary/aromatic N) is 3. The van der Waals surface area contributed by atoms with Crippen LogP contribution < -0.4 is 4.90 Å². The number of thiophene rings is 1. The minimum Gasteiger partial charge on any atom is -0.350 e. The van der Waals surface area contributed by atoms with E-state index < -0.39 is 0 Å². The molecular formula is C15H14ClN3S. The maximum absolute atomic E-state index is 5.96. The summed E-state index contributed by atoms with van der Waals surface area (Å²) in [6.07, 6.45) is 1.62. The summed E-state index contributed by atoms with van der Waals surface area (Å²) in [6.45, 7) is 1.57. The average Bonchev–Trinajstić information content (AvgIpc) is 2.96. The first-order valence-electron chi connectivity index (χ1n) is 6.41. The van der Waals surface area contributed by atoms with E-state index in [9.17, 15) is 0 Å². The Balaban J connectivity index is 1.96. The number of aromatic nitrogens is 2. The number of benzene rings is 1. The molecule has 0 aliphatic rings. The van der Waals surface area contributed by atoms with Crippen molar-refractivity contribution in [2.75, 3.05) is 17.3 Å². The largest absolute Gasteiger partial charge is 0.350 e. The Morgan fingerprint density at radius 2 is 1.95 bits per heavy atom. The first-order chi connectivity index (χ1) is 9.88. The van der Waals surface area contributed by atoms with E-state index in [4.69, 9.17) is 11.6 Å². The van der Waals surface area contributed by atoms with Gasteiger partial charge in [0.2, 0.25) is 0 Å². The standard InChI is InChI=1S/C15H14ClN3S/c16-7-8-19(10-12-4-2-1-3-5-12)15-14-13(6-9-20-14)17-11-18-15/h1-6,9,11H,7-8,10H2. The maximum atomic E-state index is 5.96. The van der Waals surface area contributed by atoms with Crippen LogP contribution in [0, 0.1) is 0 Å². The summed E-state index contributed by atoms with van der Waals surface area (Å²) in [5.41, 5.74) is 2.24. The molecule has 20 heavy (non-hydrogen) atoms. The van der Waals surface area contributed by atoms with E-state index in [1.165, 1.54) is 5.56 Å². The van der Waals surface area contributed by atoms with Crippen molar-refractivity contribution in [3.8, 4) is 0 Å². The summed E-state index contributed by atoms with van der Waals surface area (Å²) in [4.78, 5) is 11.0. The van der Waals surface area contributed by atoms with Gasteiger partial charge in [0.05, 0.1) is 10.2 Å². The van der Waals surface area contributed by atoms with E-state index in [2.05, 4.69) is 39.1 Å². The minimum absolute atomic E-state index is 0.573. The molecule has 0 saturated carbocycles. The molecule has 0 radical (unpaired) electrons. The molecule has 0 saturated heterocycles. The Kier molecular flexibility index (Phi) is 4.14. The fourth-order valence-corrected chi connectivity index (χ4v) is 3.23. The van der Waals surface area contributed by atoms with Crippen LogP contribution in [-0.4, -0.2) is 22.4 Å². The zero-order valence-corrected chi connectivity index (χ0v) is 12.4. The van der Waals surface area contributed by atoms with Gasteiger partial charge in [0.1, 0.15) is 12.1 Å². The Morgan fingerprint density at radius 1 is 1.10 bits per heavy atom. The van der Waals surface area contributed by atoms with Gasteiger partial charge >= 0.3 is 0 Å². The Morgan fingerprint density at radius 3 is 2.75 bits per heavy atom. The van der Waals surface area contributed by atoms with Crippen LogP contribution in [0.25, 0.3) is 10.2 Å². The normalized spacial score (nSPS) is 10.8. The highest BCUT2D eigenvalue weighted by Crippen LogP contribution is 2.28. The number of rotatable bonds is 5. The third kappa shape index (κ3) is 2.76. The second-order valence-electron chi connectivity index (χ2n) is 4.43. The summed E-state index contributed by atoms with van der Waals surface area (Å²) in [6, 6.07) is 12.4. The third-order valence-electron chi connectivity index (χ3n) is 3.09. The van der Waals surface area contributed by atoms with Crippen LogP contribution in [0.2, 0.25) is 0 Å². The van der Waals surface area contributed by atoms with E-state index in [1.54, 1.807) is 17.7 Å². The van der Waals surface area contributed by atoms with Gasteiger partial charge in [0.25, 0.3) is 0 Å². The summed E-state index contributed by atoms with van der Waals surface area (Å²) >= 11 is 7.62. The summed E-state index contributed by atoms with van der Waals surface area (Å²) < 4.78 is 1.12. The number of anilines is 1. The van der Waals surface area contributed by atoms with Crippen molar-refractivity contribution in [1.82, 2.24) is 9.97 Å². The predicted octanol–water partition coefficient (Wildman–Crippen LogP) is 3.94. The average molecular weight is 304 g/mol. The van der Waals surface area contributed by atoms with Gasteiger partial charge in [-0.05, 0) is 17.0 Å². The highest BCUT2D eigenvalue weighted by molar-refractivity contribution is 7.17. The van der Waals surface area contributed by atoms with E-state index in [-0.39, 0.29) is 0 Å². The van der Waals surface area contributed by atoms with E-state index >= 15 is 0 Å². The number of hydrogen-bond donors (Lipinski definition) is 0. The van der Waals surface area contributed by atoms with Crippen LogP contribution in [0.1, 0.15) is 5.56 Å². The van der Waals surface area contributed by atoms with Crippen LogP contribution in [0.5, 0.6) is 0 Å². The van der Waals surface area contributed by atoms with E-state index in [0.29, 0.717) is 5.88 Å². The van der Waals surface area contributed by atoms with Gasteiger partial charge in [0.15, 0.2) is 0 Å². The molecule has 0 aliphatic carbocycles. The second-order valence-corrected chi connectivity index (χ2v) is 5.72. The molecule has 3 nitrogen and oxygen atoms in total. The van der Waals surface area contributed by atoms with Crippen LogP contribution in [0.15, 0.2) is 48.1 Å². The van der Waals surface area contributed by atoms with Gasteiger partial charge < -0.3 is 4.90 Å². The molecule has 0 bridgehead atoms. The molecule has 3 aromatic rings. The van der Waals surface area contributed by atoms with Crippen molar-refractivity contribution in [3.05, 3.63) is 53.7 Å². The molecule has 0 aliphatic heterocycles. The number of halogens is 1. The van der Waals surface area contributed by atoms with E-state index in [0.717, 1.165) is 29.1 Å². The van der Waals surface area contributed by atoms with E-state index in [1.807, 2.05) is 17.5 Å². The number of hydrogen-bond acceptors (Lipinski definition) is 4. The van der Waals surface area contributed by atoms with Crippen LogP contribution in [0.4, 0.5) is 5.82 Å². The first kappa shape index (κ1) is 13.3. The fourth-order valence-electron chi connectivity index (χ4n) is 2.17. The zero-order chi connectivity index (χ0) is 13.8. The lowest BCUT2D eigenvalue weighted by Crippen LogP contribution is -2.26. The Bertz CT molecular complexity index is 684. The predicted molar refractivity (Wildman–Crippen MR) is 85.6 cm³/mol. The molecule has 0 unspecified atom stereocenters. The Labute approximate surface area is 126 Å². The highest BCUT2D eigenvalue weighted by Gasteiger charge is 2.13. The number of alkyl halides is 1. The molecule has 0 atom stereocenters. The van der Waals surface area contributed by atoms with Gasteiger partial charge in [-0.3, -0.25) is 0 Å². The quantitative estimate of drug-likeness (QED) is 0.669. The highest BCUT2D eigenvalue weighted by atomic mass is 35.5. The first-order valence-corrected chi connectivity index (χ1v) is 7.83. The van der Waals surface area contributed by atoms with Crippen molar-refractivity contribution >= 4 is 39.0 Å². The Hall–Kier alpha value is -1.65. The monoisotopic (exact) mass is 303 g/mol. The minimum atomic E-state index is 0.573. The van der Waals surface area contributed by atoms with Gasteiger partial charge in [-0.1, -0.05) is 30.3 Å². The number of fused-ring (bicyclic) bond motifs is 1. The SMILES string of the molecule is ClCCN(Cc1ccccc1)c1ncnc2ccsc12. The van der Waals surface area contributed by atoms with Gasteiger partial charge in [-0.25, -0.2) is 9.97 Å². The van der Waals surface area contributed by atoms with Crippen molar-refractivity contribution in [1.29, 1.82) is 0 Å². The fraction of sp³-hybridized carbons (Fsp3) is 0.200. The van der Waals surface area contributed by atoms with Crippen LogP contribution >= 0.6 is 22.9 Å². The molecule has 3 rings (SSSR count). The smallest absolute Gasteiger partial charge is 0.150 e. The summed E-state index contributed by atoms with van der Waals surface area (Å²) in [5.74, 6) is 1.54. The molecule has 5 heteroatoms. The zero-order valence-electron chi connectivity index (χ0n) is 10.9. The molecule has 0 spiro atoms. The maximum Gasteiger partial charge on any atom is 0.150 e. The molecule has 102 valence electrons. The van der Waals surface area contributed by atoms with Gasteiger partial charge in [-0.15, -0.1) is 22.9 Å². The molecule has 2 heterocycles. The van der Waals surface area contributed by atoms with Crippen molar-refractivity contribution in [2.24, 2.45) is 0 Å². The topological polar surface area (TPSA) is 29.0 Å². The molecule has 0 fully saturated rings. The lowest BCUT2D eigenvalue weighted by Gasteiger charge is -2.23. The molecule has 2 aromatic heterocycles. The van der Waals surface area contributed by atoms with Crippen LogP contribution in [0.3, 0.4) is 0 Å². The van der Waals surface area contributed by atoms with Crippen LogP contribution in [-0.2, 0) is 6.54 Å². The molecule has 1 aromatic carbocycles. The third-order valence-corrected chi connectivity index (χ3v) is 4.16. The van der Waals surface area contributed by atoms with Crippen molar-refractivity contribution in [3.63, 3.8) is 0 Å².